The Balaban J connectivity index is 0.000000120. The molecule has 7 N–H and O–H groups in total. The van der Waals surface area contributed by atoms with Crippen molar-refractivity contribution in [1.29, 1.82) is 0 Å². The van der Waals surface area contributed by atoms with E-state index >= 15 is 0 Å². The predicted molar refractivity (Wildman–Crippen MR) is 465 cm³/mol. The van der Waals surface area contributed by atoms with Crippen LogP contribution < -0.4 is 65.8 Å². The van der Waals surface area contributed by atoms with Crippen molar-refractivity contribution in [3.63, 3.8) is 0 Å². The Morgan fingerprint density at radius 2 is 0.826 bits per heavy atom. The van der Waals surface area contributed by atoms with E-state index in [9.17, 15) is 43.2 Å². The Kier molecular flexibility index (Phi) is 23.5. The molecule has 0 saturated carbocycles. The van der Waals surface area contributed by atoms with Gasteiger partial charge in [0.1, 0.15) is 6.10 Å². The summed E-state index contributed by atoms with van der Waals surface area (Å²) in [5, 5.41) is 9.47. The number of ether oxygens (including phenoxy) is 1. The molecule has 11 heterocycles. The maximum absolute atomic E-state index is 12.5. The lowest BCUT2D eigenvalue weighted by atomic mass is 9.95. The summed E-state index contributed by atoms with van der Waals surface area (Å²) in [5.41, 5.74) is 18.0. The molecule has 31 nitrogen and oxygen atoms in total. The number of alkyl carbamates (subject to hydrolysis) is 1. The maximum atomic E-state index is 12.5. The first-order valence-electron chi connectivity index (χ1n) is 41.2. The van der Waals surface area contributed by atoms with Gasteiger partial charge >= 0.3 is 28.9 Å². The van der Waals surface area contributed by atoms with Gasteiger partial charge in [-0.1, -0.05) is 79.2 Å². The molecule has 11 aliphatic heterocycles. The number of rotatable bonds is 16. The average Bonchev–Trinajstić information content (AvgIpc) is 1.01. The molecule has 2 saturated heterocycles. The Labute approximate surface area is 692 Å². The van der Waals surface area contributed by atoms with Gasteiger partial charge in [0.15, 0.2) is 46.1 Å². The number of amides is 1. The standard InChI is InChI=1S/C25H27N5O2.C24H25N5O2.C23H23N5O2.C18H20N6O4/c1-16-14-19-21(15-17(16)2)30(23-22(26-19)24(31)28-25(32)27-23)13-12-29-11-7-6-10-20(29)18-8-4-3-5-9-18;1-15-13-18-20(14-16(15)2)29(22-21(25-18)23(30)27-24(31)26-22)12-11-28-10-6-5-8-17-7-3-4-9-19(17)28;1-13-11-18-19(12-14(13)2)28(21-20(25-18)22(29)27-23(30)26-21)10-9-24-17-8-7-15-5-3-4-6-16(15)17;1-9-5-12-13(6-10(9)2)24(4-3-19-7-11-8-20-18(27)28-11)15-14(21-12)16(25)23-17(26)22-15/h3-5,8-9,14-15,20H,6-7,10-13H2,1-2H3,(H,28,31,32);3-4,7,9,13-14H,5-6,8,10-12H2,1-2H3,(H,27,30,31);3-6,11-12,17,24H,7-10H2,1-2H3,(H,27,29,30);5-6,11,19H,3-4,7-8H2,1-2H3,(H,20,27)(H,23,25,26). The Morgan fingerprint density at radius 1 is 0.405 bits per heavy atom. The van der Waals surface area contributed by atoms with E-state index < -0.39 is 51.1 Å². The Bertz CT molecular complexity index is 6870. The van der Waals surface area contributed by atoms with Gasteiger partial charge in [0.2, 0.25) is 0 Å². The van der Waals surface area contributed by atoms with E-state index in [2.05, 4.69) is 196 Å². The smallest absolute Gasteiger partial charge is 0.407 e. The van der Waals surface area contributed by atoms with E-state index in [1.54, 1.807) is 0 Å². The SMILES string of the molecule is Cc1cc2nc3c(=O)[nH]c(=O)nc-3n(CCN3CCCCC3c3ccccc3)c2cc1C.Cc1cc2nc3c(=O)[nH]c(=O)nc-3n(CCN3CCCCc4ccccc43)c2cc1C.Cc1cc2nc3c(=O)[nH]c(=O)nc-3n(CCNC3CCc4ccccc43)c2cc1C.Cc1cc2nc3c(=O)[nH]c(=O)nc-3n(CCNCC3CNC(=O)O3)c2cc1C. The Hall–Kier alpha value is -13.4. The van der Waals surface area contributed by atoms with Gasteiger partial charge in [0.05, 0.1) is 50.7 Å². The van der Waals surface area contributed by atoms with E-state index in [1.807, 2.05) is 90.1 Å². The number of hydrogen-bond acceptors (Lipinski definition) is 22. The molecule has 0 radical (unpaired) electrons. The van der Waals surface area contributed by atoms with E-state index in [-0.39, 0.29) is 34.7 Å². The first-order chi connectivity index (χ1) is 58.4. The number of piperidine rings is 1. The van der Waals surface area contributed by atoms with Crippen LogP contribution in [0.1, 0.15) is 117 Å². The van der Waals surface area contributed by atoms with Gasteiger partial charge in [-0.3, -0.25) is 44.0 Å². The van der Waals surface area contributed by atoms with Gasteiger partial charge in [-0.15, -0.1) is 0 Å². The van der Waals surface area contributed by atoms with Gasteiger partial charge in [-0.25, -0.2) is 43.9 Å². The molecular formula is C90H95N21O10. The van der Waals surface area contributed by atoms with Crippen molar-refractivity contribution in [3.05, 3.63) is 278 Å². The van der Waals surface area contributed by atoms with Gasteiger partial charge in [-0.05, 0) is 228 Å². The zero-order valence-electron chi connectivity index (χ0n) is 68.8. The van der Waals surface area contributed by atoms with Crippen LogP contribution in [0.5, 0.6) is 0 Å². The number of hydrogen-bond donors (Lipinski definition) is 7. The summed E-state index contributed by atoms with van der Waals surface area (Å²) in [4.78, 5) is 157. The van der Waals surface area contributed by atoms with Crippen LogP contribution in [0.4, 0.5) is 10.5 Å². The molecule has 0 bridgehead atoms. The van der Waals surface area contributed by atoms with Crippen LogP contribution in [-0.2, 0) is 43.8 Å². The molecule has 0 aromatic heterocycles. The molecule has 121 heavy (non-hydrogen) atoms. The Morgan fingerprint density at radius 3 is 1.31 bits per heavy atom. The monoisotopic (exact) mass is 1630 g/mol. The highest BCUT2D eigenvalue weighted by atomic mass is 16.6. The number of para-hydroxylation sites is 1. The zero-order valence-corrected chi connectivity index (χ0v) is 68.8. The minimum Gasteiger partial charge on any atom is -0.443 e. The molecule has 2 fully saturated rings. The number of benzene rings is 7. The summed E-state index contributed by atoms with van der Waals surface area (Å²) in [7, 11) is 0. The van der Waals surface area contributed by atoms with Crippen molar-refractivity contribution in [2.45, 2.75) is 151 Å². The maximum Gasteiger partial charge on any atom is 0.407 e. The lowest BCUT2D eigenvalue weighted by molar-refractivity contribution is 0.139. The fourth-order valence-electron chi connectivity index (χ4n) is 17.0. The molecule has 620 valence electrons. The zero-order chi connectivity index (χ0) is 84.4. The van der Waals surface area contributed by atoms with Crippen molar-refractivity contribution >= 4 is 55.9 Å². The first-order valence-corrected chi connectivity index (χ1v) is 41.2. The summed E-state index contributed by atoms with van der Waals surface area (Å²) in [6.07, 6.45) is 8.45. The molecule has 7 aromatic rings. The normalized spacial score (nSPS) is 15.9. The number of aromatic amines is 4. The fraction of sp³-hybridized carbons (Fsp3) is 0.344. The largest absolute Gasteiger partial charge is 0.443 e. The lowest BCUT2D eigenvalue weighted by Gasteiger charge is -2.36. The van der Waals surface area contributed by atoms with Crippen LogP contribution in [0.2, 0.25) is 0 Å². The number of carbonyl (C=O) groups is 1. The van der Waals surface area contributed by atoms with Crippen LogP contribution in [0, 0.1) is 55.4 Å². The summed E-state index contributed by atoms with van der Waals surface area (Å²) >= 11 is 0. The number of cyclic esters (lactones) is 1. The molecule has 12 aliphatic rings. The minimum absolute atomic E-state index is 0.129. The van der Waals surface area contributed by atoms with Gasteiger partial charge in [0.25, 0.3) is 22.2 Å². The van der Waals surface area contributed by atoms with Crippen LogP contribution in [0.3, 0.4) is 0 Å². The number of carbonyl (C=O) groups excluding carboxylic acids is 1. The third-order valence-electron chi connectivity index (χ3n) is 23.8. The number of nitrogens with one attached hydrogen (secondary N) is 7. The second-order valence-electron chi connectivity index (χ2n) is 31.8. The van der Waals surface area contributed by atoms with E-state index in [1.165, 1.54) is 47.2 Å². The van der Waals surface area contributed by atoms with Crippen molar-refractivity contribution in [2.75, 3.05) is 57.3 Å². The van der Waals surface area contributed by atoms with Gasteiger partial charge < -0.3 is 43.9 Å². The third-order valence-corrected chi connectivity index (χ3v) is 23.8. The summed E-state index contributed by atoms with van der Waals surface area (Å²) in [6, 6.07) is 44.5. The first kappa shape index (κ1) is 81.4. The number of aryl methyl sites for hydroxylation is 10. The van der Waals surface area contributed by atoms with Gasteiger partial charge in [0, 0.05) is 83.2 Å². The highest BCUT2D eigenvalue weighted by Gasteiger charge is 2.30. The second-order valence-corrected chi connectivity index (χ2v) is 31.8. The van der Waals surface area contributed by atoms with E-state index in [0.29, 0.717) is 87.4 Å². The van der Waals surface area contributed by atoms with Crippen molar-refractivity contribution in [1.82, 2.24) is 98.9 Å². The fourth-order valence-corrected chi connectivity index (χ4v) is 17.0. The van der Waals surface area contributed by atoms with Crippen LogP contribution in [0.25, 0.3) is 90.2 Å². The van der Waals surface area contributed by atoms with Gasteiger partial charge in [-0.2, -0.15) is 19.9 Å². The molecule has 19 rings (SSSR count). The summed E-state index contributed by atoms with van der Waals surface area (Å²) in [5.74, 6) is 1.27. The highest BCUT2D eigenvalue weighted by Crippen LogP contribution is 2.35. The second kappa shape index (κ2) is 34.9. The highest BCUT2D eigenvalue weighted by molar-refractivity contribution is 5.84. The number of anilines is 1. The molecular weight excluding hydrogens is 1540 g/mol. The number of nitrogens with zero attached hydrogens (tertiary/aromatic N) is 14. The molecule has 1 aliphatic carbocycles. The molecule has 0 spiro atoms. The summed E-state index contributed by atoms with van der Waals surface area (Å²) in [6.45, 7) is 24.2. The van der Waals surface area contributed by atoms with Crippen molar-refractivity contribution in [2.24, 2.45) is 0 Å². The minimum atomic E-state index is -0.701. The molecule has 31 heteroatoms. The van der Waals surface area contributed by atoms with Crippen LogP contribution in [0.15, 0.2) is 166 Å². The number of fused-ring (bicyclic) bond motifs is 10. The van der Waals surface area contributed by atoms with Crippen LogP contribution in [-0.4, -0.2) is 148 Å². The van der Waals surface area contributed by atoms with E-state index in [4.69, 9.17) is 4.74 Å². The average molecular weight is 1630 g/mol. The predicted octanol–water partition coefficient (Wildman–Crippen LogP) is 8.85. The molecule has 7 aromatic carbocycles. The van der Waals surface area contributed by atoms with Crippen LogP contribution >= 0.6 is 0 Å². The third kappa shape index (κ3) is 17.3. The summed E-state index contributed by atoms with van der Waals surface area (Å²) < 4.78 is 12.8. The van der Waals surface area contributed by atoms with Crippen molar-refractivity contribution < 1.29 is 9.53 Å². The molecule has 3 atom stereocenters. The molecule has 1 amide bonds. The van der Waals surface area contributed by atoms with E-state index in [0.717, 1.165) is 141 Å². The topological polar surface area (TPSA) is 391 Å². The lowest BCUT2D eigenvalue weighted by Crippen LogP contribution is -2.36. The number of likely N-dealkylation sites (tertiary alicyclic amines) is 1. The molecule has 3 unspecified atom stereocenters. The van der Waals surface area contributed by atoms with Crippen molar-refractivity contribution in [3.8, 4) is 46.1 Å². The number of aromatic nitrogens is 16. The number of H-pyrrole nitrogens is 4. The quantitative estimate of drug-likeness (QED) is 0.0350.